The molecule has 2 rings (SSSR count). The highest BCUT2D eigenvalue weighted by Crippen LogP contribution is 2.33. The number of nitrogens with one attached hydrogen (secondary N) is 1. The zero-order valence-corrected chi connectivity index (χ0v) is 34.6. The second kappa shape index (κ2) is 26.7. The number of carbonyl (C=O) groups is 1. The number of rotatable bonds is 21. The van der Waals surface area contributed by atoms with Crippen molar-refractivity contribution in [2.45, 2.75) is 107 Å². The van der Waals surface area contributed by atoms with E-state index in [1.807, 2.05) is 45.6 Å². The Balaban J connectivity index is 0.00000434. The Morgan fingerprint density at radius 3 is 2.25 bits per heavy atom. The summed E-state index contributed by atoms with van der Waals surface area (Å²) < 4.78 is 30.7. The summed E-state index contributed by atoms with van der Waals surface area (Å²) in [6.07, 6.45) is 6.74. The monoisotopic (exact) mass is 761 g/mol. The van der Waals surface area contributed by atoms with Gasteiger partial charge in [0.1, 0.15) is 29.8 Å². The van der Waals surface area contributed by atoms with Gasteiger partial charge >= 0.3 is 0 Å². The quantitative estimate of drug-likeness (QED) is 0.0277. The van der Waals surface area contributed by atoms with Gasteiger partial charge in [-0.15, -0.1) is 0 Å². The highest BCUT2D eigenvalue weighted by Gasteiger charge is 2.39. The third kappa shape index (κ3) is 15.6. The van der Waals surface area contributed by atoms with Gasteiger partial charge in [-0.3, -0.25) is 9.93 Å². The van der Waals surface area contributed by atoms with Crippen LogP contribution in [0.2, 0.25) is 0 Å². The molecule has 0 saturated carbocycles. The van der Waals surface area contributed by atoms with Crippen molar-refractivity contribution in [2.75, 3.05) is 33.5 Å². The van der Waals surface area contributed by atoms with Crippen molar-refractivity contribution in [1.29, 1.82) is 0 Å². The second-order valence-corrected chi connectivity index (χ2v) is 13.8. The van der Waals surface area contributed by atoms with Gasteiger partial charge in [0.2, 0.25) is 5.91 Å². The summed E-state index contributed by atoms with van der Waals surface area (Å²) in [5.74, 6) is 2.56. The van der Waals surface area contributed by atoms with Gasteiger partial charge in [-0.1, -0.05) is 75.4 Å². The zero-order valence-electron chi connectivity index (χ0n) is 33.0. The largest absolute Gasteiger partial charge is 0.500 e. The van der Waals surface area contributed by atoms with Gasteiger partial charge in [0.25, 0.3) is 0 Å². The van der Waals surface area contributed by atoms with Crippen LogP contribution in [0, 0.1) is 11.8 Å². The molecule has 1 aliphatic heterocycles. The zero-order chi connectivity index (χ0) is 39.1. The Morgan fingerprint density at radius 1 is 1.12 bits per heavy atom. The number of allylic oxidation sites excluding steroid dienone is 4. The molecule has 0 bridgehead atoms. The summed E-state index contributed by atoms with van der Waals surface area (Å²) in [6.45, 7) is 20.5. The summed E-state index contributed by atoms with van der Waals surface area (Å²) in [6, 6.07) is 8.01. The fourth-order valence-electron chi connectivity index (χ4n) is 5.67. The van der Waals surface area contributed by atoms with E-state index in [4.69, 9.17) is 23.5 Å². The van der Waals surface area contributed by atoms with E-state index in [2.05, 4.69) is 79.8 Å². The number of hydrogen-bond donors (Lipinski definition) is 3. The molecule has 1 aliphatic rings. The van der Waals surface area contributed by atoms with Crippen molar-refractivity contribution in [3.05, 3.63) is 81.3 Å². The fraction of sp³-hybridized carbons (Fsp3) is 0.575. The topological polar surface area (TPSA) is 133 Å². The SMILES string of the molecule is CC/C=C\SC(=C(C)C)c1ccc(CNC(=C=O)C2CCCN2C(=O)C(/C(=C/C(OCC(OCC)OCC)=C(C)CC)OC)C(C)C)cc1.NSO. The molecule has 12 heteroatoms. The van der Waals surface area contributed by atoms with E-state index in [1.54, 1.807) is 18.9 Å². The first kappa shape index (κ1) is 47.1. The molecule has 1 aromatic rings. The molecule has 10 nitrogen and oxygen atoms in total. The fourth-order valence-corrected chi connectivity index (χ4v) is 6.60. The molecule has 0 spiro atoms. The lowest BCUT2D eigenvalue weighted by Crippen LogP contribution is -2.45. The lowest BCUT2D eigenvalue weighted by Gasteiger charge is -2.32. The van der Waals surface area contributed by atoms with Crippen LogP contribution in [0.15, 0.2) is 70.2 Å². The molecule has 1 fully saturated rings. The lowest BCUT2D eigenvalue weighted by molar-refractivity contribution is -0.160. The Labute approximate surface area is 321 Å². The summed E-state index contributed by atoms with van der Waals surface area (Å²) in [4.78, 5) is 29.7. The molecule has 0 radical (unpaired) electrons. The third-order valence-electron chi connectivity index (χ3n) is 8.43. The smallest absolute Gasteiger partial charge is 0.234 e. The number of methoxy groups -OCH3 is 1. The van der Waals surface area contributed by atoms with Crippen LogP contribution in [0.4, 0.5) is 0 Å². The van der Waals surface area contributed by atoms with E-state index < -0.39 is 12.2 Å². The molecule has 0 aliphatic carbocycles. The van der Waals surface area contributed by atoms with E-state index in [0.717, 1.165) is 36.0 Å². The first-order valence-corrected chi connectivity index (χ1v) is 19.9. The molecular weight excluding hydrogens is 699 g/mol. The Bertz CT molecular complexity index is 1380. The van der Waals surface area contributed by atoms with E-state index in [0.29, 0.717) is 49.9 Å². The molecule has 1 amide bonds. The van der Waals surface area contributed by atoms with Gasteiger partial charge in [-0.2, -0.15) is 0 Å². The van der Waals surface area contributed by atoms with Crippen LogP contribution < -0.4 is 10.5 Å². The van der Waals surface area contributed by atoms with Crippen LogP contribution in [0.3, 0.4) is 0 Å². The standard InChI is InChI=1S/C40H60N2O6S.H3NOS/c1-11-15-23-49-39(29(7)8)32-20-18-31(19-21-32)25-41-33(26-43)34-17-16-22-42(34)40(44)38(28(5)6)36(45-10)24-35(30(9)12-2)48-27-37(46-13-3)47-14-4;1-3-2/h15,18-21,23-24,28,34,37-38,41H,11-14,16-17,22,25,27H2,1-10H3;2H,1H2/b23-15-,35-30?,36-24-;. The van der Waals surface area contributed by atoms with Crippen LogP contribution in [0.5, 0.6) is 0 Å². The molecule has 2 atom stereocenters. The van der Waals surface area contributed by atoms with Crippen LogP contribution in [0.25, 0.3) is 4.91 Å². The summed E-state index contributed by atoms with van der Waals surface area (Å²) in [5, 5.41) is 9.77. The third-order valence-corrected chi connectivity index (χ3v) is 9.64. The average molecular weight is 762 g/mol. The van der Waals surface area contributed by atoms with Gasteiger partial charge in [0.05, 0.1) is 31.3 Å². The predicted octanol–water partition coefficient (Wildman–Crippen LogP) is 8.86. The van der Waals surface area contributed by atoms with Gasteiger partial charge in [-0.25, -0.2) is 4.79 Å². The number of carbonyl (C=O) groups excluding carboxylic acids is 2. The van der Waals surface area contributed by atoms with Crippen molar-refractivity contribution in [2.24, 2.45) is 17.0 Å². The minimum absolute atomic E-state index is 0.0702. The summed E-state index contributed by atoms with van der Waals surface area (Å²) in [7, 11) is 1.59. The predicted molar refractivity (Wildman–Crippen MR) is 216 cm³/mol. The number of nitrogens with two attached hydrogens (primary N) is 1. The molecule has 292 valence electrons. The van der Waals surface area contributed by atoms with Gasteiger partial charge < -0.3 is 33.7 Å². The van der Waals surface area contributed by atoms with Gasteiger partial charge in [0, 0.05) is 37.3 Å². The van der Waals surface area contributed by atoms with Crippen molar-refractivity contribution < 1.29 is 33.1 Å². The van der Waals surface area contributed by atoms with Crippen molar-refractivity contribution in [3.63, 3.8) is 0 Å². The normalized spacial score (nSPS) is 15.5. The number of ether oxygens (including phenoxy) is 4. The van der Waals surface area contributed by atoms with E-state index >= 15 is 0 Å². The van der Waals surface area contributed by atoms with E-state index in [-0.39, 0.29) is 36.7 Å². The van der Waals surface area contributed by atoms with Crippen molar-refractivity contribution >= 4 is 40.7 Å². The van der Waals surface area contributed by atoms with E-state index in [1.165, 1.54) is 10.5 Å². The Kier molecular flexibility index (Phi) is 24.2. The highest BCUT2D eigenvalue weighted by atomic mass is 32.2. The highest BCUT2D eigenvalue weighted by molar-refractivity contribution is 8.10. The van der Waals surface area contributed by atoms with Gasteiger partial charge in [-0.05, 0) is 88.3 Å². The summed E-state index contributed by atoms with van der Waals surface area (Å²) in [5.41, 5.74) is 4.88. The first-order valence-electron chi connectivity index (χ1n) is 18.2. The number of likely N-dealkylation sites (tertiary alicyclic amines) is 1. The van der Waals surface area contributed by atoms with Crippen LogP contribution in [-0.4, -0.2) is 67.1 Å². The summed E-state index contributed by atoms with van der Waals surface area (Å²) >= 11 is 1.98. The van der Waals surface area contributed by atoms with Crippen LogP contribution >= 0.6 is 24.0 Å². The number of thioether (sulfide) groups is 1. The van der Waals surface area contributed by atoms with Gasteiger partial charge in [0.15, 0.2) is 6.29 Å². The maximum absolute atomic E-state index is 14.3. The minimum atomic E-state index is -0.571. The molecule has 0 aromatic heterocycles. The maximum Gasteiger partial charge on any atom is 0.234 e. The van der Waals surface area contributed by atoms with Crippen molar-refractivity contribution in [1.82, 2.24) is 10.2 Å². The second-order valence-electron chi connectivity index (χ2n) is 12.7. The number of benzene rings is 1. The first-order chi connectivity index (χ1) is 25.0. The number of amides is 1. The van der Waals surface area contributed by atoms with Crippen LogP contribution in [0.1, 0.15) is 99.1 Å². The number of hydrogen-bond acceptors (Lipinski definition) is 11. The molecule has 1 heterocycles. The maximum atomic E-state index is 14.3. The molecule has 52 heavy (non-hydrogen) atoms. The van der Waals surface area contributed by atoms with Crippen LogP contribution in [-0.2, 0) is 35.1 Å². The number of nitrogens with zero attached hydrogens (tertiary/aromatic N) is 1. The molecule has 1 aromatic carbocycles. The molecule has 1 saturated heterocycles. The molecule has 2 unspecified atom stereocenters. The lowest BCUT2D eigenvalue weighted by atomic mass is 9.91. The Morgan fingerprint density at radius 2 is 1.75 bits per heavy atom. The molecular formula is C40H63N3O7S2. The molecule has 4 N–H and O–H groups in total. The average Bonchev–Trinajstić information content (AvgIpc) is 3.61. The van der Waals surface area contributed by atoms with E-state index in [9.17, 15) is 9.59 Å². The van der Waals surface area contributed by atoms with Crippen molar-refractivity contribution in [3.8, 4) is 0 Å². The minimum Gasteiger partial charge on any atom is -0.500 e. The Hall–Kier alpha value is -2.96.